The molecule has 8 nitrogen and oxygen atoms in total. The molecule has 0 fully saturated rings. The van der Waals surface area contributed by atoms with E-state index in [2.05, 4.69) is 9.97 Å². The summed E-state index contributed by atoms with van der Waals surface area (Å²) >= 11 is 0. The summed E-state index contributed by atoms with van der Waals surface area (Å²) in [4.78, 5) is 21.5. The van der Waals surface area contributed by atoms with Crippen molar-refractivity contribution in [2.24, 2.45) is 0 Å². The predicted octanol–water partition coefficient (Wildman–Crippen LogP) is 5.58. The number of aromatic nitrogens is 2. The molecule has 2 heterocycles. The van der Waals surface area contributed by atoms with Crippen LogP contribution < -0.4 is 14.2 Å². The van der Waals surface area contributed by atoms with Crippen LogP contribution in [0, 0.1) is 39.3 Å². The summed E-state index contributed by atoms with van der Waals surface area (Å²) in [5.74, 6) is -2.89. The summed E-state index contributed by atoms with van der Waals surface area (Å²) in [5, 5.41) is -0.344. The van der Waals surface area contributed by atoms with Crippen molar-refractivity contribution < 1.29 is 31.5 Å². The first-order valence-electron chi connectivity index (χ1n) is 11.7. The van der Waals surface area contributed by atoms with Gasteiger partial charge in [-0.2, -0.15) is 8.42 Å². The minimum Gasteiger partial charge on any atom is -0.494 e. The van der Waals surface area contributed by atoms with Crippen molar-refractivity contribution in [2.45, 2.75) is 32.7 Å². The molecule has 4 aromatic rings. The van der Waals surface area contributed by atoms with Gasteiger partial charge in [-0.3, -0.25) is 4.79 Å². The van der Waals surface area contributed by atoms with Gasteiger partial charge in [0, 0.05) is 17.3 Å². The first-order valence-corrected chi connectivity index (χ1v) is 13.2. The molecule has 11 heteroatoms. The number of carbonyl (C=O) groups is 1. The molecule has 1 N–H and O–H groups in total. The van der Waals surface area contributed by atoms with Crippen LogP contribution in [0.2, 0.25) is 0 Å². The third-order valence-electron chi connectivity index (χ3n) is 5.79. The third kappa shape index (κ3) is 5.88. The maximum Gasteiger partial charge on any atom is 0.281 e. The summed E-state index contributed by atoms with van der Waals surface area (Å²) in [6, 6.07) is 12.4. The highest BCUT2D eigenvalue weighted by Gasteiger charge is 2.25. The van der Waals surface area contributed by atoms with E-state index in [1.54, 1.807) is 26.8 Å². The van der Waals surface area contributed by atoms with Crippen molar-refractivity contribution in [3.05, 3.63) is 94.2 Å². The molecule has 0 aliphatic carbocycles. The number of ether oxygens (including phenoxy) is 2. The molecule has 0 atom stereocenters. The molecule has 0 aliphatic heterocycles. The number of carbonyl (C=O) groups excluding carboxylic acids is 1. The number of nitrogens with zero attached hydrogens (tertiary/aromatic N) is 2. The Morgan fingerprint density at radius 3 is 2.23 bits per heavy atom. The summed E-state index contributed by atoms with van der Waals surface area (Å²) in [5.41, 5.74) is 2.37. The van der Waals surface area contributed by atoms with Gasteiger partial charge in [-0.05, 0) is 69.2 Å². The minimum atomic E-state index is -4.34. The van der Waals surface area contributed by atoms with Crippen LogP contribution in [0.3, 0.4) is 0 Å². The number of pyridine rings is 2. The third-order valence-corrected chi connectivity index (χ3v) is 7.02. The zero-order chi connectivity index (χ0) is 28.5. The standard InChI is InChI=1S/C28H25F2N3O5S/c1-15-11-16(2)26(17(3)12-15)38-28-19(27(34)33-39(35,36)25-8-6-7-18(4)31-25)9-10-23(32-28)20-13-22(30)24(37-5)14-21(20)29/h6-14H,1-5H3,(H,33,34). The second-order valence-corrected chi connectivity index (χ2v) is 10.5. The largest absolute Gasteiger partial charge is 0.494 e. The Labute approximate surface area is 224 Å². The number of benzene rings is 2. The fraction of sp³-hybridized carbons (Fsp3) is 0.179. The van der Waals surface area contributed by atoms with Gasteiger partial charge >= 0.3 is 0 Å². The zero-order valence-electron chi connectivity index (χ0n) is 21.8. The van der Waals surface area contributed by atoms with E-state index in [-0.39, 0.29) is 33.5 Å². The van der Waals surface area contributed by atoms with Crippen molar-refractivity contribution in [1.29, 1.82) is 0 Å². The molecule has 202 valence electrons. The maximum atomic E-state index is 14.8. The van der Waals surface area contributed by atoms with Gasteiger partial charge in [0.2, 0.25) is 5.88 Å². The van der Waals surface area contributed by atoms with Gasteiger partial charge in [-0.15, -0.1) is 0 Å². The van der Waals surface area contributed by atoms with Crippen LogP contribution in [0.5, 0.6) is 17.4 Å². The SMILES string of the molecule is COc1cc(F)c(-c2ccc(C(=O)NS(=O)(=O)c3cccc(C)n3)c(Oc3c(C)cc(C)cc3C)n2)cc1F. The molecule has 2 aromatic carbocycles. The van der Waals surface area contributed by atoms with E-state index in [1.165, 1.54) is 31.4 Å². The molecule has 2 aromatic heterocycles. The van der Waals surface area contributed by atoms with E-state index < -0.39 is 27.6 Å². The Hall–Kier alpha value is -4.38. The van der Waals surface area contributed by atoms with Gasteiger partial charge in [0.05, 0.1) is 12.8 Å². The lowest BCUT2D eigenvalue weighted by molar-refractivity contribution is 0.0978. The number of hydrogen-bond donors (Lipinski definition) is 1. The van der Waals surface area contributed by atoms with Gasteiger partial charge in [-0.25, -0.2) is 23.5 Å². The Bertz CT molecular complexity index is 1680. The molecule has 0 unspecified atom stereocenters. The van der Waals surface area contributed by atoms with Crippen LogP contribution in [0.1, 0.15) is 32.7 Å². The van der Waals surface area contributed by atoms with Gasteiger partial charge in [0.15, 0.2) is 16.6 Å². The molecule has 0 aliphatic rings. The van der Waals surface area contributed by atoms with Crippen molar-refractivity contribution in [3.63, 3.8) is 0 Å². The number of aryl methyl sites for hydroxylation is 4. The van der Waals surface area contributed by atoms with E-state index in [4.69, 9.17) is 9.47 Å². The van der Waals surface area contributed by atoms with Crippen LogP contribution in [0.25, 0.3) is 11.3 Å². The van der Waals surface area contributed by atoms with Gasteiger partial charge in [-0.1, -0.05) is 23.8 Å². The highest BCUT2D eigenvalue weighted by atomic mass is 32.2. The summed E-state index contributed by atoms with van der Waals surface area (Å²) < 4.78 is 67.8. The predicted molar refractivity (Wildman–Crippen MR) is 140 cm³/mol. The highest BCUT2D eigenvalue weighted by Crippen LogP contribution is 2.34. The second-order valence-electron chi connectivity index (χ2n) is 8.90. The first kappa shape index (κ1) is 27.6. The minimum absolute atomic E-state index is 0.0498. The summed E-state index contributed by atoms with van der Waals surface area (Å²) in [7, 11) is -3.13. The smallest absolute Gasteiger partial charge is 0.281 e. The lowest BCUT2D eigenvalue weighted by atomic mass is 10.1. The molecule has 0 saturated heterocycles. The lowest BCUT2D eigenvalue weighted by Crippen LogP contribution is -2.31. The van der Waals surface area contributed by atoms with Crippen molar-refractivity contribution in [1.82, 2.24) is 14.7 Å². The topological polar surface area (TPSA) is 107 Å². The molecular weight excluding hydrogens is 528 g/mol. The fourth-order valence-corrected chi connectivity index (χ4v) is 5.02. The quantitative estimate of drug-likeness (QED) is 0.319. The highest BCUT2D eigenvalue weighted by molar-refractivity contribution is 7.90. The van der Waals surface area contributed by atoms with Crippen molar-refractivity contribution in [2.75, 3.05) is 7.11 Å². The average molecular weight is 554 g/mol. The molecule has 1 amide bonds. The second kappa shape index (κ2) is 10.8. The number of rotatable bonds is 7. The molecular formula is C28H25F2N3O5S. The Kier molecular flexibility index (Phi) is 7.64. The van der Waals surface area contributed by atoms with E-state index in [0.717, 1.165) is 28.8 Å². The van der Waals surface area contributed by atoms with Crippen molar-refractivity contribution in [3.8, 4) is 28.6 Å². The van der Waals surface area contributed by atoms with E-state index in [1.807, 2.05) is 23.8 Å². The fourth-order valence-electron chi connectivity index (χ4n) is 4.04. The Morgan fingerprint density at radius 2 is 1.59 bits per heavy atom. The average Bonchev–Trinajstić information content (AvgIpc) is 2.87. The number of sulfonamides is 1. The van der Waals surface area contributed by atoms with Crippen LogP contribution in [0.15, 0.2) is 59.6 Å². The van der Waals surface area contributed by atoms with Gasteiger partial charge < -0.3 is 9.47 Å². The van der Waals surface area contributed by atoms with Gasteiger partial charge in [0.25, 0.3) is 15.9 Å². The van der Waals surface area contributed by atoms with Crippen molar-refractivity contribution >= 4 is 15.9 Å². The number of amides is 1. The number of nitrogens with one attached hydrogen (secondary N) is 1. The van der Waals surface area contributed by atoms with Crippen LogP contribution in [0.4, 0.5) is 8.78 Å². The first-order chi connectivity index (χ1) is 18.4. The number of halogens is 2. The number of hydrogen-bond acceptors (Lipinski definition) is 7. The van der Waals surface area contributed by atoms with E-state index in [9.17, 15) is 22.0 Å². The molecule has 0 bridgehead atoms. The molecule has 0 radical (unpaired) electrons. The monoisotopic (exact) mass is 553 g/mol. The lowest BCUT2D eigenvalue weighted by Gasteiger charge is -2.16. The maximum absolute atomic E-state index is 14.8. The summed E-state index contributed by atoms with van der Waals surface area (Å²) in [6.07, 6.45) is 0. The molecule has 0 saturated carbocycles. The van der Waals surface area contributed by atoms with Crippen LogP contribution in [-0.4, -0.2) is 31.4 Å². The van der Waals surface area contributed by atoms with Crippen LogP contribution in [-0.2, 0) is 10.0 Å². The van der Waals surface area contributed by atoms with Gasteiger partial charge in [0.1, 0.15) is 17.1 Å². The Morgan fingerprint density at radius 1 is 0.897 bits per heavy atom. The summed E-state index contributed by atoms with van der Waals surface area (Å²) in [6.45, 7) is 7.12. The molecule has 39 heavy (non-hydrogen) atoms. The number of methoxy groups -OCH3 is 1. The normalized spacial score (nSPS) is 11.3. The molecule has 0 spiro atoms. The molecule has 4 rings (SSSR count). The van der Waals surface area contributed by atoms with E-state index >= 15 is 0 Å². The van der Waals surface area contributed by atoms with E-state index in [0.29, 0.717) is 11.4 Å². The van der Waals surface area contributed by atoms with Crippen LogP contribution >= 0.6 is 0 Å². The Balaban J connectivity index is 1.82. The zero-order valence-corrected chi connectivity index (χ0v) is 22.6.